The largest absolute Gasteiger partial charge is 0.497 e. The molecule has 4 fully saturated rings. The lowest BCUT2D eigenvalue weighted by atomic mass is 9.70. The molecule has 2 unspecified atom stereocenters. The second-order valence-electron chi connectivity index (χ2n) is 27.8. The third-order valence-corrected chi connectivity index (χ3v) is 21.3. The van der Waals surface area contributed by atoms with Gasteiger partial charge in [0, 0.05) is 86.0 Å². The highest BCUT2D eigenvalue weighted by Crippen LogP contribution is 2.63. The lowest BCUT2D eigenvalue weighted by Gasteiger charge is -2.38. The molecule has 5 aromatic rings. The first-order chi connectivity index (χ1) is 47.1. The minimum absolute atomic E-state index is 0.0388. The van der Waals surface area contributed by atoms with E-state index in [0.717, 1.165) is 75.7 Å². The second kappa shape index (κ2) is 30.0. The molecule has 0 spiro atoms. The van der Waals surface area contributed by atoms with Gasteiger partial charge in [-0.25, -0.2) is 0 Å². The summed E-state index contributed by atoms with van der Waals surface area (Å²) in [6, 6.07) is 26.8. The van der Waals surface area contributed by atoms with Gasteiger partial charge in [-0.3, -0.25) is 53.0 Å². The zero-order valence-corrected chi connectivity index (χ0v) is 57.4. The molecule has 12 rings (SSSR count). The fourth-order valence-corrected chi connectivity index (χ4v) is 15.2. The normalized spacial score (nSPS) is 20.8. The molecule has 0 radical (unpaired) electrons. The molecule has 2 bridgehead atoms. The highest BCUT2D eigenvalue weighted by atomic mass is 16.5. The van der Waals surface area contributed by atoms with E-state index < -0.39 is 42.8 Å². The van der Waals surface area contributed by atoms with Crippen LogP contribution >= 0.6 is 0 Å². The molecule has 9 amide bonds. The number of anilines is 1. The van der Waals surface area contributed by atoms with Gasteiger partial charge in [-0.15, -0.1) is 0 Å². The van der Waals surface area contributed by atoms with Crippen LogP contribution in [0, 0.1) is 41.4 Å². The van der Waals surface area contributed by atoms with E-state index in [1.807, 2.05) is 92.7 Å². The van der Waals surface area contributed by atoms with Crippen molar-refractivity contribution < 1.29 is 62.1 Å². The first-order valence-electron chi connectivity index (χ1n) is 34.5. The number of likely N-dealkylation sites (tertiary alicyclic amines) is 1. The summed E-state index contributed by atoms with van der Waals surface area (Å²) in [7, 11) is 3.19. The Balaban J connectivity index is 0.660. The van der Waals surface area contributed by atoms with Gasteiger partial charge in [-0.05, 0) is 121 Å². The van der Waals surface area contributed by atoms with Gasteiger partial charge in [-0.2, -0.15) is 0 Å². The summed E-state index contributed by atoms with van der Waals surface area (Å²) >= 11 is 0. The number of unbranched alkanes of at least 4 members (excludes halogenated alkanes) is 2. The molecule has 3 saturated carbocycles. The van der Waals surface area contributed by atoms with Gasteiger partial charge in [0.15, 0.2) is 18.2 Å². The molecular formula is C76H91N9O13. The molecule has 98 heavy (non-hydrogen) atoms. The third-order valence-electron chi connectivity index (χ3n) is 21.3. The third kappa shape index (κ3) is 14.9. The van der Waals surface area contributed by atoms with Crippen LogP contribution in [0.1, 0.15) is 144 Å². The van der Waals surface area contributed by atoms with Gasteiger partial charge in [0.25, 0.3) is 5.91 Å². The van der Waals surface area contributed by atoms with Crippen molar-refractivity contribution in [2.75, 3.05) is 65.2 Å². The van der Waals surface area contributed by atoms with Crippen LogP contribution in [0.3, 0.4) is 0 Å². The van der Waals surface area contributed by atoms with Crippen LogP contribution in [0.15, 0.2) is 102 Å². The van der Waals surface area contributed by atoms with E-state index in [9.17, 15) is 38.4 Å². The van der Waals surface area contributed by atoms with Crippen molar-refractivity contribution in [3.8, 4) is 23.0 Å². The fraction of sp³-hybridized carbons (Fsp3) is 0.474. The zero-order chi connectivity index (χ0) is 69.6. The number of methoxy groups -OCH3 is 2. The van der Waals surface area contributed by atoms with Gasteiger partial charge in [0.2, 0.25) is 47.3 Å². The number of rotatable bonds is 30. The predicted molar refractivity (Wildman–Crippen MR) is 371 cm³/mol. The monoisotopic (exact) mass is 1340 g/mol. The number of fused-ring (bicyclic) bond motifs is 6. The van der Waals surface area contributed by atoms with Crippen molar-refractivity contribution in [1.29, 1.82) is 0 Å². The summed E-state index contributed by atoms with van der Waals surface area (Å²) in [5.74, 6) is -1.25. The Labute approximate surface area is 572 Å². The maximum atomic E-state index is 15.2. The van der Waals surface area contributed by atoms with Crippen molar-refractivity contribution in [3.05, 3.63) is 125 Å². The number of hydrogen-bond acceptors (Lipinski definition) is 14. The highest BCUT2D eigenvalue weighted by molar-refractivity contribution is 6.07. The van der Waals surface area contributed by atoms with Gasteiger partial charge < -0.3 is 55.3 Å². The number of amides is 9. The van der Waals surface area contributed by atoms with Crippen molar-refractivity contribution in [2.45, 2.75) is 137 Å². The number of carbonyl (C=O) groups is 9. The molecule has 0 aromatic heterocycles. The number of nitrogens with one attached hydrogen (secondary N) is 5. The van der Waals surface area contributed by atoms with Crippen LogP contribution in [0.2, 0.25) is 0 Å². The Morgan fingerprint density at radius 2 is 1.47 bits per heavy atom. The molecule has 518 valence electrons. The number of carbonyl (C=O) groups excluding carboxylic acids is 9. The Hall–Kier alpha value is -9.60. The SMILES string of the molecule is CCC(C)(CC)C1CC(=O)N(CCCCCC(=O)NCC(=O)NCC(=O)N[C@@H](Cc2ccccc2)C(=O)NCC(=O)NCOc2cc3c(c4c(C)cccc24)[C@H](C(C)C)CN3C(=O)C2CC3(COc4cc5c(cc4OC)C(=O)N4C=C(c6ccc(OC)cc6)C[C@H]4C=N5)CC2C3)C1=O. The fourth-order valence-electron chi connectivity index (χ4n) is 15.2. The Morgan fingerprint density at radius 1 is 0.745 bits per heavy atom. The average Bonchev–Trinajstić information content (AvgIpc) is 1.55. The molecule has 1 saturated heterocycles. The summed E-state index contributed by atoms with van der Waals surface area (Å²) in [5.41, 5.74) is 6.12. The summed E-state index contributed by atoms with van der Waals surface area (Å²) in [6.45, 7) is 12.1. The lowest BCUT2D eigenvalue weighted by molar-refractivity contribution is -0.141. The van der Waals surface area contributed by atoms with Crippen LogP contribution in [0.5, 0.6) is 23.0 Å². The molecule has 22 nitrogen and oxygen atoms in total. The summed E-state index contributed by atoms with van der Waals surface area (Å²) in [4.78, 5) is 131. The number of ether oxygens (including phenoxy) is 4. The standard InChI is InChI=1S/C76H91N9O13/c1-9-75(6,10-2)57-31-68(90)83(74(57)94)27-16-12-15-22-64(86)78-38-65(87)79-40-67(89)82-59(28-47-19-13-11-14-20-47)71(91)80-39-66(88)81-44-98-61-33-60-70(69-46(5)18-17-21-53(61)69)56(45(3)4)42-85(60)73(93)55-36-76(34-50(55)35-76)43-97-63-32-58-54(30-62(63)96-8)72(92)84-41-49(29-51(84)37-77-58)48-23-25-52(95-7)26-24-48/h11,13-14,17-21,23-26,30,32-33,37,41,45,50-51,55-57,59H,9-10,12,15-16,22,27-29,31,34-36,38-40,42-44H2,1-8H3,(H,78,86)(H,79,87)(H,80,91)(H,81,88)(H,82,89)/t50?,51-,55?,56-,57?,59-,76?/m0/s1. The molecule has 4 heterocycles. The Bertz CT molecular complexity index is 3950. The van der Waals surface area contributed by atoms with Crippen molar-refractivity contribution in [3.63, 3.8) is 0 Å². The molecular weight excluding hydrogens is 1250 g/mol. The Kier molecular flexibility index (Phi) is 21.4. The van der Waals surface area contributed by atoms with Crippen LogP contribution < -0.4 is 50.4 Å². The number of hydrogen-bond donors (Lipinski definition) is 5. The maximum absolute atomic E-state index is 15.2. The summed E-state index contributed by atoms with van der Waals surface area (Å²) in [6.07, 6.45) is 10.3. The van der Waals surface area contributed by atoms with Gasteiger partial charge in [0.1, 0.15) is 17.5 Å². The Morgan fingerprint density at radius 3 is 2.19 bits per heavy atom. The van der Waals surface area contributed by atoms with Crippen molar-refractivity contribution in [2.24, 2.45) is 39.5 Å². The number of nitrogens with zero attached hydrogens (tertiary/aromatic N) is 4. The number of imide groups is 1. The van der Waals surface area contributed by atoms with Crippen LogP contribution in [-0.4, -0.2) is 142 Å². The molecule has 3 aliphatic carbocycles. The molecule has 22 heteroatoms. The smallest absolute Gasteiger partial charge is 0.260 e. The number of aryl methyl sites for hydroxylation is 1. The number of benzene rings is 5. The highest BCUT2D eigenvalue weighted by Gasteiger charge is 2.60. The topological polar surface area (TPSA) is 273 Å². The minimum atomic E-state index is -1.13. The van der Waals surface area contributed by atoms with Crippen molar-refractivity contribution >= 4 is 87.1 Å². The molecule has 5 N–H and O–H groups in total. The quantitative estimate of drug-likeness (QED) is 0.0163. The zero-order valence-electron chi connectivity index (χ0n) is 57.4. The van der Waals surface area contributed by atoms with E-state index >= 15 is 4.79 Å². The number of aliphatic imine (C=N–C) groups is 1. The van der Waals surface area contributed by atoms with Gasteiger partial charge in [-0.1, -0.05) is 102 Å². The lowest BCUT2D eigenvalue weighted by Crippen LogP contribution is -2.52. The van der Waals surface area contributed by atoms with Gasteiger partial charge in [0.05, 0.1) is 69.4 Å². The van der Waals surface area contributed by atoms with E-state index in [2.05, 4.69) is 47.4 Å². The molecule has 4 aliphatic heterocycles. The van der Waals surface area contributed by atoms with Crippen LogP contribution in [0.25, 0.3) is 16.3 Å². The van der Waals surface area contributed by atoms with Crippen LogP contribution in [-0.2, 0) is 44.8 Å². The predicted octanol–water partition coefficient (Wildman–Crippen LogP) is 9.01. The van der Waals surface area contributed by atoms with E-state index in [4.69, 9.17) is 23.9 Å². The maximum Gasteiger partial charge on any atom is 0.260 e. The summed E-state index contributed by atoms with van der Waals surface area (Å²) in [5, 5.41) is 14.9. The average molecular weight is 1340 g/mol. The first kappa shape index (κ1) is 69.7. The molecule has 7 aliphatic rings. The second-order valence-corrected chi connectivity index (χ2v) is 27.8. The first-order valence-corrected chi connectivity index (χ1v) is 34.5. The summed E-state index contributed by atoms with van der Waals surface area (Å²) < 4.78 is 24.2. The molecule has 5 aromatic carbocycles. The van der Waals surface area contributed by atoms with E-state index in [0.29, 0.717) is 80.3 Å². The minimum Gasteiger partial charge on any atom is -0.497 e. The van der Waals surface area contributed by atoms with Crippen LogP contribution in [0.4, 0.5) is 11.4 Å². The van der Waals surface area contributed by atoms with E-state index in [-0.39, 0.29) is 109 Å². The van der Waals surface area contributed by atoms with Crippen molar-refractivity contribution in [1.82, 2.24) is 36.4 Å². The van der Waals surface area contributed by atoms with E-state index in [1.165, 1.54) is 4.90 Å². The molecule has 5 atom stereocenters. The van der Waals surface area contributed by atoms with Gasteiger partial charge >= 0.3 is 0 Å². The van der Waals surface area contributed by atoms with E-state index in [1.54, 1.807) is 55.5 Å².